The number of non-ortho nitro benzene ring substituents is 1. The third-order valence-corrected chi connectivity index (χ3v) is 3.44. The van der Waals surface area contributed by atoms with Crippen LogP contribution in [0.4, 0.5) is 5.69 Å². The fraction of sp³-hybridized carbons (Fsp3) is 0.333. The maximum Gasteiger partial charge on any atom is 0.269 e. The van der Waals surface area contributed by atoms with Crippen LogP contribution in [0.2, 0.25) is 0 Å². The predicted octanol–water partition coefficient (Wildman–Crippen LogP) is 3.88. The summed E-state index contributed by atoms with van der Waals surface area (Å²) in [4.78, 5) is 14.4. The first kappa shape index (κ1) is 13.7. The maximum absolute atomic E-state index is 10.6. The molecule has 0 radical (unpaired) electrons. The number of aromatic nitrogens is 2. The van der Waals surface area contributed by atoms with Crippen molar-refractivity contribution in [1.82, 2.24) is 10.1 Å². The van der Waals surface area contributed by atoms with Gasteiger partial charge in [-0.2, -0.15) is 4.98 Å². The van der Waals surface area contributed by atoms with E-state index in [9.17, 15) is 10.1 Å². The molecule has 1 heterocycles. The van der Waals surface area contributed by atoms with Crippen molar-refractivity contribution >= 4 is 21.6 Å². The highest BCUT2D eigenvalue weighted by Gasteiger charge is 2.16. The van der Waals surface area contributed by atoms with Gasteiger partial charge in [0.1, 0.15) is 0 Å². The lowest BCUT2D eigenvalue weighted by atomic mass is 10.2. The molecule has 100 valence electrons. The Morgan fingerprint density at radius 1 is 1.42 bits per heavy atom. The fourth-order valence-corrected chi connectivity index (χ4v) is 2.23. The van der Waals surface area contributed by atoms with Gasteiger partial charge < -0.3 is 4.52 Å². The Bertz CT molecular complexity index is 568. The van der Waals surface area contributed by atoms with Gasteiger partial charge in [0.2, 0.25) is 11.7 Å². The minimum absolute atomic E-state index is 0.0387. The van der Waals surface area contributed by atoms with E-state index in [1.54, 1.807) is 12.1 Å². The Kier molecular flexibility index (Phi) is 4.26. The zero-order valence-corrected chi connectivity index (χ0v) is 11.8. The van der Waals surface area contributed by atoms with Gasteiger partial charge in [-0.3, -0.25) is 10.1 Å². The van der Waals surface area contributed by atoms with E-state index in [2.05, 4.69) is 33.0 Å². The van der Waals surface area contributed by atoms with Crippen molar-refractivity contribution in [1.29, 1.82) is 0 Å². The van der Waals surface area contributed by atoms with Crippen molar-refractivity contribution in [2.24, 2.45) is 0 Å². The SMILES string of the molecule is CCCC(Br)c1nc(-c2ccc([N+](=O)[O-])cc2)no1. The van der Waals surface area contributed by atoms with E-state index >= 15 is 0 Å². The monoisotopic (exact) mass is 325 g/mol. The third kappa shape index (κ3) is 3.17. The van der Waals surface area contributed by atoms with E-state index < -0.39 is 4.92 Å². The minimum Gasteiger partial charge on any atom is -0.338 e. The molecule has 2 aromatic rings. The van der Waals surface area contributed by atoms with Crippen LogP contribution in [0.5, 0.6) is 0 Å². The van der Waals surface area contributed by atoms with Crippen LogP contribution in [-0.4, -0.2) is 15.1 Å². The van der Waals surface area contributed by atoms with Gasteiger partial charge in [-0.05, 0) is 18.6 Å². The number of benzene rings is 1. The first-order chi connectivity index (χ1) is 9.11. The van der Waals surface area contributed by atoms with Gasteiger partial charge in [0, 0.05) is 17.7 Å². The van der Waals surface area contributed by atoms with E-state index in [1.165, 1.54) is 12.1 Å². The Balaban J connectivity index is 2.20. The molecule has 0 saturated heterocycles. The molecule has 0 aliphatic heterocycles. The standard InChI is InChI=1S/C12H12BrN3O3/c1-2-3-10(13)12-14-11(15-19-12)8-4-6-9(7-5-8)16(17)18/h4-7,10H,2-3H2,1H3. The van der Waals surface area contributed by atoms with E-state index in [1.807, 2.05) is 0 Å². The van der Waals surface area contributed by atoms with E-state index in [0.717, 1.165) is 12.8 Å². The van der Waals surface area contributed by atoms with Gasteiger partial charge >= 0.3 is 0 Å². The molecule has 2 rings (SSSR count). The van der Waals surface area contributed by atoms with Crippen LogP contribution >= 0.6 is 15.9 Å². The summed E-state index contributed by atoms with van der Waals surface area (Å²) in [5, 5.41) is 14.4. The highest BCUT2D eigenvalue weighted by atomic mass is 79.9. The summed E-state index contributed by atoms with van der Waals surface area (Å²) in [5.41, 5.74) is 0.730. The second-order valence-electron chi connectivity index (χ2n) is 4.02. The number of nitro benzene ring substituents is 1. The molecular formula is C12H12BrN3O3. The van der Waals surface area contributed by atoms with Crippen LogP contribution in [0.3, 0.4) is 0 Å². The molecule has 0 amide bonds. The lowest BCUT2D eigenvalue weighted by Gasteiger charge is -1.99. The van der Waals surface area contributed by atoms with Crippen LogP contribution in [0.25, 0.3) is 11.4 Å². The van der Waals surface area contributed by atoms with Crippen molar-refractivity contribution in [2.75, 3.05) is 0 Å². The number of nitro groups is 1. The quantitative estimate of drug-likeness (QED) is 0.473. The molecule has 0 spiro atoms. The molecular weight excluding hydrogens is 314 g/mol. The summed E-state index contributed by atoms with van der Waals surface area (Å²) in [7, 11) is 0. The number of hydrogen-bond donors (Lipinski definition) is 0. The molecule has 6 nitrogen and oxygen atoms in total. The summed E-state index contributed by atoms with van der Waals surface area (Å²) < 4.78 is 5.17. The van der Waals surface area contributed by atoms with Crippen molar-refractivity contribution in [3.63, 3.8) is 0 Å². The van der Waals surface area contributed by atoms with Crippen LogP contribution in [0, 0.1) is 10.1 Å². The second kappa shape index (κ2) is 5.92. The number of alkyl halides is 1. The van der Waals surface area contributed by atoms with Gasteiger partial charge in [0.15, 0.2) is 0 Å². The molecule has 0 aliphatic rings. The third-order valence-electron chi connectivity index (χ3n) is 2.59. The van der Waals surface area contributed by atoms with Crippen LogP contribution in [-0.2, 0) is 0 Å². The summed E-state index contributed by atoms with van der Waals surface area (Å²) >= 11 is 3.48. The first-order valence-corrected chi connectivity index (χ1v) is 6.76. The predicted molar refractivity (Wildman–Crippen MR) is 73.0 cm³/mol. The molecule has 0 saturated carbocycles. The molecule has 0 fully saturated rings. The second-order valence-corrected chi connectivity index (χ2v) is 5.12. The smallest absolute Gasteiger partial charge is 0.269 e. The molecule has 0 bridgehead atoms. The largest absolute Gasteiger partial charge is 0.338 e. The van der Waals surface area contributed by atoms with E-state index in [4.69, 9.17) is 4.52 Å². The average molecular weight is 326 g/mol. The van der Waals surface area contributed by atoms with Crippen LogP contribution in [0.1, 0.15) is 30.5 Å². The van der Waals surface area contributed by atoms with Crippen molar-refractivity contribution in [3.8, 4) is 11.4 Å². The first-order valence-electron chi connectivity index (χ1n) is 5.84. The van der Waals surface area contributed by atoms with Crippen molar-refractivity contribution in [3.05, 3.63) is 40.3 Å². The Hall–Kier alpha value is -1.76. The Labute approximate surface area is 118 Å². The van der Waals surface area contributed by atoms with E-state index in [-0.39, 0.29) is 10.5 Å². The minimum atomic E-state index is -0.443. The summed E-state index contributed by atoms with van der Waals surface area (Å²) in [6.45, 7) is 2.07. The van der Waals surface area contributed by atoms with Gasteiger partial charge in [0.25, 0.3) is 5.69 Å². The van der Waals surface area contributed by atoms with Gasteiger partial charge in [-0.25, -0.2) is 0 Å². The van der Waals surface area contributed by atoms with Crippen molar-refractivity contribution in [2.45, 2.75) is 24.6 Å². The molecule has 1 aromatic carbocycles. The zero-order valence-electron chi connectivity index (χ0n) is 10.2. The fourth-order valence-electron chi connectivity index (χ4n) is 1.59. The molecule has 19 heavy (non-hydrogen) atoms. The summed E-state index contributed by atoms with van der Waals surface area (Å²) in [5.74, 6) is 0.959. The molecule has 7 heteroatoms. The van der Waals surface area contributed by atoms with Crippen LogP contribution < -0.4 is 0 Å². The summed E-state index contributed by atoms with van der Waals surface area (Å²) in [6.07, 6.45) is 1.91. The Morgan fingerprint density at radius 3 is 2.68 bits per heavy atom. The number of halogens is 1. The maximum atomic E-state index is 10.6. The topological polar surface area (TPSA) is 82.1 Å². The lowest BCUT2D eigenvalue weighted by molar-refractivity contribution is -0.384. The molecule has 1 atom stereocenters. The van der Waals surface area contributed by atoms with Crippen molar-refractivity contribution < 1.29 is 9.45 Å². The number of nitrogens with zero attached hydrogens (tertiary/aromatic N) is 3. The average Bonchev–Trinajstić information content (AvgIpc) is 2.89. The number of hydrogen-bond acceptors (Lipinski definition) is 5. The van der Waals surface area contributed by atoms with E-state index in [0.29, 0.717) is 17.3 Å². The molecule has 1 unspecified atom stereocenters. The summed E-state index contributed by atoms with van der Waals surface area (Å²) in [6, 6.07) is 6.05. The lowest BCUT2D eigenvalue weighted by Crippen LogP contribution is -1.90. The molecule has 0 N–H and O–H groups in total. The normalized spacial score (nSPS) is 12.3. The highest BCUT2D eigenvalue weighted by molar-refractivity contribution is 9.09. The zero-order chi connectivity index (χ0) is 13.8. The molecule has 1 aromatic heterocycles. The van der Waals surface area contributed by atoms with Gasteiger partial charge in [-0.1, -0.05) is 34.4 Å². The number of rotatable bonds is 5. The molecule has 0 aliphatic carbocycles. The highest BCUT2D eigenvalue weighted by Crippen LogP contribution is 2.28. The van der Waals surface area contributed by atoms with Gasteiger partial charge in [0.05, 0.1) is 9.75 Å². The van der Waals surface area contributed by atoms with Crippen LogP contribution in [0.15, 0.2) is 28.8 Å². The van der Waals surface area contributed by atoms with Gasteiger partial charge in [-0.15, -0.1) is 0 Å². The Morgan fingerprint density at radius 2 is 2.11 bits per heavy atom.